The van der Waals surface area contributed by atoms with E-state index in [4.69, 9.17) is 11.0 Å². The van der Waals surface area contributed by atoms with Crippen molar-refractivity contribution in [2.45, 2.75) is 31.2 Å². The van der Waals surface area contributed by atoms with Gasteiger partial charge in [-0.15, -0.1) is 0 Å². The number of nitriles is 1. The Bertz CT molecular complexity index is 713. The number of nitrogens with one attached hydrogen (secondary N) is 1. The van der Waals surface area contributed by atoms with Crippen LogP contribution in [0.5, 0.6) is 0 Å². The van der Waals surface area contributed by atoms with Gasteiger partial charge in [0.15, 0.2) is 5.82 Å². The second-order valence-electron chi connectivity index (χ2n) is 5.21. The molecule has 20 heavy (non-hydrogen) atoms. The van der Waals surface area contributed by atoms with Gasteiger partial charge < -0.3 is 5.73 Å². The van der Waals surface area contributed by atoms with Gasteiger partial charge in [-0.05, 0) is 37.1 Å². The summed E-state index contributed by atoms with van der Waals surface area (Å²) in [6.07, 6.45) is 3.75. The van der Waals surface area contributed by atoms with E-state index in [2.05, 4.69) is 16.3 Å². The minimum Gasteiger partial charge on any atom is -0.319 e. The van der Waals surface area contributed by atoms with Crippen LogP contribution in [-0.2, 0) is 5.54 Å². The first-order valence-electron chi connectivity index (χ1n) is 6.61. The van der Waals surface area contributed by atoms with Gasteiger partial charge in [0.2, 0.25) is 0 Å². The second kappa shape index (κ2) is 4.62. The van der Waals surface area contributed by atoms with Crippen LogP contribution >= 0.6 is 0 Å². The van der Waals surface area contributed by atoms with Crippen molar-refractivity contribution in [1.29, 1.82) is 5.26 Å². The quantitative estimate of drug-likeness (QED) is 0.854. The number of hydrogen-bond acceptors (Lipinski definition) is 4. The van der Waals surface area contributed by atoms with Gasteiger partial charge in [-0.3, -0.25) is 0 Å². The lowest BCUT2D eigenvalue weighted by molar-refractivity contribution is 0.423. The van der Waals surface area contributed by atoms with Crippen molar-refractivity contribution in [3.8, 4) is 11.8 Å². The first-order valence-corrected chi connectivity index (χ1v) is 6.61. The summed E-state index contributed by atoms with van der Waals surface area (Å²) in [6.45, 7) is 0. The zero-order chi connectivity index (χ0) is 14.2. The number of rotatable bonds is 2. The fourth-order valence-corrected chi connectivity index (χ4v) is 2.79. The van der Waals surface area contributed by atoms with Crippen molar-refractivity contribution in [3.63, 3.8) is 0 Å². The molecular weight excluding hydrogens is 254 g/mol. The molecule has 1 saturated carbocycles. The summed E-state index contributed by atoms with van der Waals surface area (Å²) < 4.78 is 1.51. The highest BCUT2D eigenvalue weighted by Crippen LogP contribution is 2.35. The topological polar surface area (TPSA) is 100 Å². The molecule has 0 unspecified atom stereocenters. The van der Waals surface area contributed by atoms with E-state index >= 15 is 0 Å². The SMILES string of the molecule is N#Cc1ccc(-n2c(C3(N)CCCC3)n[nH]c2=O)cc1. The van der Waals surface area contributed by atoms with Crippen molar-refractivity contribution < 1.29 is 0 Å². The van der Waals surface area contributed by atoms with E-state index < -0.39 is 5.54 Å². The maximum atomic E-state index is 12.0. The predicted molar refractivity (Wildman–Crippen MR) is 73.2 cm³/mol. The number of nitrogens with two attached hydrogens (primary N) is 1. The average Bonchev–Trinajstić information content (AvgIpc) is 3.06. The molecule has 3 rings (SSSR count). The van der Waals surface area contributed by atoms with Crippen LogP contribution < -0.4 is 11.4 Å². The minimum atomic E-state index is -0.549. The zero-order valence-corrected chi connectivity index (χ0v) is 11.0. The molecule has 1 aliphatic rings. The summed E-state index contributed by atoms with van der Waals surface area (Å²) in [5, 5.41) is 15.4. The van der Waals surface area contributed by atoms with Crippen molar-refractivity contribution in [2.24, 2.45) is 5.73 Å². The third-order valence-corrected chi connectivity index (χ3v) is 3.87. The van der Waals surface area contributed by atoms with E-state index in [1.165, 1.54) is 4.57 Å². The smallest absolute Gasteiger partial charge is 0.319 e. The molecule has 6 heteroatoms. The Morgan fingerprint density at radius 3 is 2.55 bits per heavy atom. The molecule has 0 bridgehead atoms. The van der Waals surface area contributed by atoms with Crippen LogP contribution in [0, 0.1) is 11.3 Å². The van der Waals surface area contributed by atoms with Crippen LogP contribution in [0.4, 0.5) is 0 Å². The van der Waals surface area contributed by atoms with E-state index in [-0.39, 0.29) is 5.69 Å². The normalized spacial score (nSPS) is 17.0. The molecule has 102 valence electrons. The van der Waals surface area contributed by atoms with Crippen LogP contribution in [0.3, 0.4) is 0 Å². The molecule has 1 heterocycles. The fraction of sp³-hybridized carbons (Fsp3) is 0.357. The number of hydrogen-bond donors (Lipinski definition) is 2. The predicted octanol–water partition coefficient (Wildman–Crippen LogP) is 1.16. The van der Waals surface area contributed by atoms with Gasteiger partial charge in [-0.2, -0.15) is 10.4 Å². The molecule has 6 nitrogen and oxygen atoms in total. The zero-order valence-electron chi connectivity index (χ0n) is 11.0. The number of aromatic nitrogens is 3. The highest BCUT2D eigenvalue weighted by Gasteiger charge is 2.36. The Kier molecular flexibility index (Phi) is 2.92. The third kappa shape index (κ3) is 1.92. The van der Waals surface area contributed by atoms with Crippen LogP contribution in [0.2, 0.25) is 0 Å². The van der Waals surface area contributed by atoms with Crippen LogP contribution in [0.15, 0.2) is 29.1 Å². The summed E-state index contributed by atoms with van der Waals surface area (Å²) in [6, 6.07) is 8.88. The van der Waals surface area contributed by atoms with Gasteiger partial charge >= 0.3 is 5.69 Å². The Morgan fingerprint density at radius 1 is 1.30 bits per heavy atom. The number of nitrogens with zero attached hydrogens (tertiary/aromatic N) is 3. The van der Waals surface area contributed by atoms with E-state index in [0.29, 0.717) is 17.1 Å². The Morgan fingerprint density at radius 2 is 1.95 bits per heavy atom. The maximum absolute atomic E-state index is 12.0. The van der Waals surface area contributed by atoms with Gasteiger partial charge in [0.05, 0.1) is 22.9 Å². The van der Waals surface area contributed by atoms with Crippen molar-refractivity contribution in [2.75, 3.05) is 0 Å². The average molecular weight is 269 g/mol. The first-order chi connectivity index (χ1) is 9.64. The van der Waals surface area contributed by atoms with Gasteiger partial charge in [0.25, 0.3) is 0 Å². The standard InChI is InChI=1S/C14H15N5O/c15-9-10-3-5-11(6-4-10)19-12(17-18-13(19)20)14(16)7-1-2-8-14/h3-6H,1-2,7-8,16H2,(H,18,20). The molecule has 0 saturated heterocycles. The Labute approximate surface area is 115 Å². The summed E-state index contributed by atoms with van der Waals surface area (Å²) >= 11 is 0. The summed E-state index contributed by atoms with van der Waals surface area (Å²) in [5.74, 6) is 0.574. The highest BCUT2D eigenvalue weighted by molar-refractivity contribution is 5.40. The molecule has 2 aromatic rings. The Hall–Kier alpha value is -2.39. The molecule has 1 fully saturated rings. The molecular formula is C14H15N5O. The van der Waals surface area contributed by atoms with Gasteiger partial charge in [0.1, 0.15) is 0 Å². The lowest BCUT2D eigenvalue weighted by Gasteiger charge is -2.22. The van der Waals surface area contributed by atoms with Crippen LogP contribution in [-0.4, -0.2) is 14.8 Å². The number of benzene rings is 1. The molecule has 0 amide bonds. The lowest BCUT2D eigenvalue weighted by Crippen LogP contribution is -2.37. The van der Waals surface area contributed by atoms with Gasteiger partial charge in [-0.25, -0.2) is 14.5 Å². The maximum Gasteiger partial charge on any atom is 0.347 e. The number of H-pyrrole nitrogens is 1. The molecule has 0 spiro atoms. The van der Waals surface area contributed by atoms with Crippen LogP contribution in [0.1, 0.15) is 37.1 Å². The monoisotopic (exact) mass is 269 g/mol. The van der Waals surface area contributed by atoms with E-state index in [0.717, 1.165) is 25.7 Å². The summed E-state index contributed by atoms with van der Waals surface area (Å²) in [4.78, 5) is 12.0. The second-order valence-corrected chi connectivity index (χ2v) is 5.21. The minimum absolute atomic E-state index is 0.304. The van der Waals surface area contributed by atoms with Crippen LogP contribution in [0.25, 0.3) is 5.69 Å². The summed E-state index contributed by atoms with van der Waals surface area (Å²) in [5.41, 5.74) is 6.77. The van der Waals surface area contributed by atoms with E-state index in [9.17, 15) is 4.79 Å². The van der Waals surface area contributed by atoms with Gasteiger partial charge in [-0.1, -0.05) is 12.8 Å². The molecule has 0 atom stereocenters. The number of aromatic amines is 1. The molecule has 3 N–H and O–H groups in total. The van der Waals surface area contributed by atoms with Crippen molar-refractivity contribution in [3.05, 3.63) is 46.1 Å². The Balaban J connectivity index is 2.11. The lowest BCUT2D eigenvalue weighted by atomic mass is 9.98. The van der Waals surface area contributed by atoms with Crippen molar-refractivity contribution >= 4 is 0 Å². The van der Waals surface area contributed by atoms with E-state index in [1.54, 1.807) is 24.3 Å². The van der Waals surface area contributed by atoms with Gasteiger partial charge in [0, 0.05) is 0 Å². The summed E-state index contributed by atoms with van der Waals surface area (Å²) in [7, 11) is 0. The van der Waals surface area contributed by atoms with E-state index in [1.807, 2.05) is 0 Å². The molecule has 1 aromatic carbocycles. The third-order valence-electron chi connectivity index (χ3n) is 3.87. The van der Waals surface area contributed by atoms with Crippen molar-refractivity contribution in [1.82, 2.24) is 14.8 Å². The molecule has 0 aliphatic heterocycles. The highest BCUT2D eigenvalue weighted by atomic mass is 16.1. The fourth-order valence-electron chi connectivity index (χ4n) is 2.79. The first kappa shape index (κ1) is 12.6. The molecule has 1 aliphatic carbocycles. The largest absolute Gasteiger partial charge is 0.347 e. The molecule has 1 aromatic heterocycles. The molecule has 0 radical (unpaired) electrons.